The fourth-order valence-electron chi connectivity index (χ4n) is 2.25. The van der Waals surface area contributed by atoms with Gasteiger partial charge in [0, 0.05) is 11.3 Å². The van der Waals surface area contributed by atoms with E-state index in [1.54, 1.807) is 6.07 Å². The number of carbonyl (C=O) groups is 1. The maximum atomic E-state index is 14.3. The van der Waals surface area contributed by atoms with E-state index < -0.39 is 11.8 Å². The topological polar surface area (TPSA) is 84.3 Å². The van der Waals surface area contributed by atoms with Gasteiger partial charge in [0.2, 0.25) is 5.88 Å². The number of carbonyl (C=O) groups excluding carboxylic acids is 1. The van der Waals surface area contributed by atoms with Crippen LogP contribution in [-0.2, 0) is 4.74 Å². The Hall–Kier alpha value is -2.67. The highest BCUT2D eigenvalue weighted by Gasteiger charge is 2.18. The number of esters is 1. The van der Waals surface area contributed by atoms with Gasteiger partial charge in [-0.15, -0.1) is 0 Å². The second-order valence-corrected chi connectivity index (χ2v) is 6.74. The first-order valence-corrected chi connectivity index (χ1v) is 8.63. The van der Waals surface area contributed by atoms with Gasteiger partial charge in [-0.2, -0.15) is 0 Å². The van der Waals surface area contributed by atoms with E-state index in [0.29, 0.717) is 40.4 Å². The number of hydrogen-bond donors (Lipinski definition) is 2. The SMILES string of the molecule is COC(=O)c1cc(C(C)=N)c(Nc2cnc(OCC(C)C)c(Cl)c2)cc1F. The molecule has 1 aromatic heterocycles. The highest BCUT2D eigenvalue weighted by atomic mass is 35.5. The molecule has 2 rings (SSSR count). The van der Waals surface area contributed by atoms with E-state index in [0.717, 1.165) is 6.07 Å². The van der Waals surface area contributed by atoms with Crippen LogP contribution in [0.25, 0.3) is 0 Å². The number of halogens is 2. The minimum atomic E-state index is -0.807. The Bertz CT molecular complexity index is 872. The molecule has 8 heteroatoms. The fraction of sp³-hybridized carbons (Fsp3) is 0.316. The van der Waals surface area contributed by atoms with Gasteiger partial charge in [-0.05, 0) is 31.0 Å². The van der Waals surface area contributed by atoms with Crippen molar-refractivity contribution in [1.29, 1.82) is 5.41 Å². The number of nitrogens with zero attached hydrogens (tertiary/aromatic N) is 1. The second-order valence-electron chi connectivity index (χ2n) is 6.34. The third-order valence-corrected chi connectivity index (χ3v) is 3.83. The van der Waals surface area contributed by atoms with Crippen molar-refractivity contribution in [3.05, 3.63) is 46.4 Å². The van der Waals surface area contributed by atoms with Gasteiger partial charge in [-0.25, -0.2) is 14.2 Å². The zero-order chi connectivity index (χ0) is 20.1. The average molecular weight is 394 g/mol. The zero-order valence-electron chi connectivity index (χ0n) is 15.5. The molecule has 0 aliphatic rings. The molecule has 0 aliphatic carbocycles. The van der Waals surface area contributed by atoms with Crippen LogP contribution in [0.1, 0.15) is 36.7 Å². The second kappa shape index (κ2) is 8.81. The van der Waals surface area contributed by atoms with Crippen LogP contribution in [0.2, 0.25) is 5.02 Å². The monoisotopic (exact) mass is 393 g/mol. The van der Waals surface area contributed by atoms with E-state index in [1.165, 1.54) is 26.3 Å². The molecule has 0 atom stereocenters. The van der Waals surface area contributed by atoms with Crippen molar-refractivity contribution in [1.82, 2.24) is 4.98 Å². The summed E-state index contributed by atoms with van der Waals surface area (Å²) >= 11 is 6.19. The number of rotatable bonds is 7. The van der Waals surface area contributed by atoms with Crippen LogP contribution in [0.5, 0.6) is 5.88 Å². The third-order valence-electron chi connectivity index (χ3n) is 3.56. The summed E-state index contributed by atoms with van der Waals surface area (Å²) in [5.41, 5.74) is 1.07. The number of methoxy groups -OCH3 is 1. The smallest absolute Gasteiger partial charge is 0.340 e. The first kappa shape index (κ1) is 20.6. The number of anilines is 2. The van der Waals surface area contributed by atoms with Crippen LogP contribution in [-0.4, -0.2) is 30.4 Å². The molecule has 0 saturated carbocycles. The first-order valence-electron chi connectivity index (χ1n) is 8.25. The zero-order valence-corrected chi connectivity index (χ0v) is 16.3. The maximum Gasteiger partial charge on any atom is 0.340 e. The lowest BCUT2D eigenvalue weighted by molar-refractivity contribution is 0.0595. The van der Waals surface area contributed by atoms with Gasteiger partial charge in [0.05, 0.1) is 36.9 Å². The Morgan fingerprint density at radius 3 is 2.59 bits per heavy atom. The molecule has 2 aromatic rings. The van der Waals surface area contributed by atoms with Gasteiger partial charge < -0.3 is 20.2 Å². The summed E-state index contributed by atoms with van der Waals surface area (Å²) in [6.45, 7) is 6.04. The van der Waals surface area contributed by atoms with E-state index in [1.807, 2.05) is 13.8 Å². The Morgan fingerprint density at radius 2 is 2.04 bits per heavy atom. The largest absolute Gasteiger partial charge is 0.476 e. The standard InChI is InChI=1S/C19H21ClFN3O3/c1-10(2)9-27-18-15(20)5-12(8-23-18)24-17-7-16(21)14(19(25)26-4)6-13(17)11(3)22/h5-8,10,22,24H,9H2,1-4H3. The molecule has 1 aromatic carbocycles. The van der Waals surface area contributed by atoms with Crippen molar-refractivity contribution < 1.29 is 18.7 Å². The minimum Gasteiger partial charge on any atom is -0.476 e. The number of nitrogens with one attached hydrogen (secondary N) is 2. The van der Waals surface area contributed by atoms with Gasteiger partial charge in [0.1, 0.15) is 10.8 Å². The summed E-state index contributed by atoms with van der Waals surface area (Å²) < 4.78 is 24.4. The lowest BCUT2D eigenvalue weighted by atomic mass is 10.0. The Labute approximate surface area is 162 Å². The van der Waals surface area contributed by atoms with Gasteiger partial charge >= 0.3 is 5.97 Å². The molecule has 2 N–H and O–H groups in total. The predicted molar refractivity (Wildman–Crippen MR) is 103 cm³/mol. The van der Waals surface area contributed by atoms with Crippen molar-refractivity contribution in [2.24, 2.45) is 5.92 Å². The van der Waals surface area contributed by atoms with E-state index in [2.05, 4.69) is 15.0 Å². The molecule has 27 heavy (non-hydrogen) atoms. The summed E-state index contributed by atoms with van der Waals surface area (Å²) in [5.74, 6) is -0.926. The van der Waals surface area contributed by atoms with Gasteiger partial charge in [-0.1, -0.05) is 25.4 Å². The molecular weight excluding hydrogens is 373 g/mol. The molecule has 0 amide bonds. The van der Waals surface area contributed by atoms with E-state index >= 15 is 0 Å². The molecule has 0 saturated heterocycles. The van der Waals surface area contributed by atoms with Crippen LogP contribution >= 0.6 is 11.6 Å². The lowest BCUT2D eigenvalue weighted by Gasteiger charge is -2.15. The van der Waals surface area contributed by atoms with Crippen molar-refractivity contribution in [3.8, 4) is 5.88 Å². The molecular formula is C19H21ClFN3O3. The van der Waals surface area contributed by atoms with Crippen LogP contribution in [0.3, 0.4) is 0 Å². The van der Waals surface area contributed by atoms with Gasteiger partial charge in [-0.3, -0.25) is 0 Å². The molecule has 0 radical (unpaired) electrons. The summed E-state index contributed by atoms with van der Waals surface area (Å²) in [6.07, 6.45) is 1.50. The number of pyridine rings is 1. The Kier molecular flexibility index (Phi) is 6.74. The third kappa shape index (κ3) is 5.17. The molecule has 1 heterocycles. The highest BCUT2D eigenvalue weighted by molar-refractivity contribution is 6.32. The molecule has 144 valence electrons. The normalized spacial score (nSPS) is 10.6. The van der Waals surface area contributed by atoms with E-state index in [4.69, 9.17) is 21.7 Å². The summed E-state index contributed by atoms with van der Waals surface area (Å²) in [7, 11) is 1.17. The number of ether oxygens (including phenoxy) is 2. The van der Waals surface area contributed by atoms with Crippen LogP contribution in [0.4, 0.5) is 15.8 Å². The summed E-state index contributed by atoms with van der Waals surface area (Å²) in [4.78, 5) is 15.8. The maximum absolute atomic E-state index is 14.3. The first-order chi connectivity index (χ1) is 12.7. The minimum absolute atomic E-state index is 0.151. The van der Waals surface area contributed by atoms with E-state index in [9.17, 15) is 9.18 Å². The number of benzene rings is 1. The average Bonchev–Trinajstić information content (AvgIpc) is 2.60. The predicted octanol–water partition coefficient (Wildman–Crippen LogP) is 4.83. The highest BCUT2D eigenvalue weighted by Crippen LogP contribution is 2.29. The molecule has 0 spiro atoms. The van der Waals surface area contributed by atoms with Crippen LogP contribution in [0, 0.1) is 17.1 Å². The summed E-state index contributed by atoms with van der Waals surface area (Å²) in [5, 5.41) is 11.2. The molecule has 0 fully saturated rings. The Morgan fingerprint density at radius 1 is 1.33 bits per heavy atom. The van der Waals surface area contributed by atoms with Crippen molar-refractivity contribution in [2.45, 2.75) is 20.8 Å². The number of aromatic nitrogens is 1. The van der Waals surface area contributed by atoms with Gasteiger partial charge in [0.25, 0.3) is 0 Å². The fourth-order valence-corrected chi connectivity index (χ4v) is 2.48. The van der Waals surface area contributed by atoms with Crippen LogP contribution in [0.15, 0.2) is 24.4 Å². The quantitative estimate of drug-likeness (QED) is 0.520. The Balaban J connectivity index is 2.33. The molecule has 0 aliphatic heterocycles. The van der Waals surface area contributed by atoms with Crippen molar-refractivity contribution in [3.63, 3.8) is 0 Å². The molecule has 0 bridgehead atoms. The number of hydrogen-bond acceptors (Lipinski definition) is 6. The van der Waals surface area contributed by atoms with Crippen LogP contribution < -0.4 is 10.1 Å². The van der Waals surface area contributed by atoms with E-state index in [-0.39, 0.29) is 11.3 Å². The summed E-state index contributed by atoms with van der Waals surface area (Å²) in [6, 6.07) is 4.01. The molecule has 0 unspecified atom stereocenters. The van der Waals surface area contributed by atoms with Crippen molar-refractivity contribution in [2.75, 3.05) is 19.0 Å². The van der Waals surface area contributed by atoms with Crippen molar-refractivity contribution >= 4 is 34.7 Å². The van der Waals surface area contributed by atoms with Gasteiger partial charge in [0.15, 0.2) is 0 Å². The lowest BCUT2D eigenvalue weighted by Crippen LogP contribution is -2.09. The molecule has 6 nitrogen and oxygen atoms in total.